The molecule has 0 aliphatic heterocycles. The van der Waals surface area contributed by atoms with Crippen molar-refractivity contribution in [1.82, 2.24) is 4.72 Å². The lowest BCUT2D eigenvalue weighted by molar-refractivity contribution is -0.131. The van der Waals surface area contributed by atoms with Gasteiger partial charge in [-0.3, -0.25) is 0 Å². The molecule has 0 atom stereocenters. The Morgan fingerprint density at radius 3 is 2.48 bits per heavy atom. The van der Waals surface area contributed by atoms with Crippen LogP contribution in [0.3, 0.4) is 0 Å². The van der Waals surface area contributed by atoms with E-state index in [2.05, 4.69) is 4.72 Å². The summed E-state index contributed by atoms with van der Waals surface area (Å²) >= 11 is 0. The first-order valence-corrected chi connectivity index (χ1v) is 8.01. The van der Waals surface area contributed by atoms with Crippen molar-refractivity contribution < 1.29 is 18.3 Å². The van der Waals surface area contributed by atoms with Gasteiger partial charge in [0.25, 0.3) is 0 Å². The first-order chi connectivity index (χ1) is 9.51. The molecule has 0 aliphatic carbocycles. The monoisotopic (exact) mass is 311 g/mol. The standard InChI is InChI=1S/C15H21NO4S/c1-11-5-6-12(7-8-14(17)18)9-13(11)21(19,20)16-10-15(2,3)4/h5-9,16H,10H2,1-4H3,(H,17,18). The van der Waals surface area contributed by atoms with Crippen LogP contribution in [-0.4, -0.2) is 26.0 Å². The van der Waals surface area contributed by atoms with Crippen LogP contribution in [0.5, 0.6) is 0 Å². The zero-order chi connectivity index (χ0) is 16.3. The molecule has 0 heterocycles. The number of sulfonamides is 1. The Morgan fingerprint density at radius 2 is 1.95 bits per heavy atom. The van der Waals surface area contributed by atoms with Gasteiger partial charge in [0.05, 0.1) is 4.90 Å². The van der Waals surface area contributed by atoms with Crippen molar-refractivity contribution in [3.8, 4) is 0 Å². The molecule has 0 radical (unpaired) electrons. The van der Waals surface area contributed by atoms with E-state index >= 15 is 0 Å². The summed E-state index contributed by atoms with van der Waals surface area (Å²) in [6, 6.07) is 4.81. The number of aliphatic carboxylic acids is 1. The Kier molecular flexibility index (Phi) is 5.31. The minimum Gasteiger partial charge on any atom is -0.478 e. The molecule has 0 spiro atoms. The molecule has 0 saturated heterocycles. The lowest BCUT2D eigenvalue weighted by Crippen LogP contribution is -2.32. The number of carbonyl (C=O) groups is 1. The Hall–Kier alpha value is -1.66. The number of rotatable bonds is 5. The molecule has 1 aromatic carbocycles. The van der Waals surface area contributed by atoms with Crippen LogP contribution in [0.4, 0.5) is 0 Å². The molecule has 116 valence electrons. The lowest BCUT2D eigenvalue weighted by atomic mass is 9.98. The van der Waals surface area contributed by atoms with Crippen molar-refractivity contribution in [1.29, 1.82) is 0 Å². The van der Waals surface area contributed by atoms with Crippen molar-refractivity contribution in [3.05, 3.63) is 35.4 Å². The second-order valence-corrected chi connectivity index (χ2v) is 7.82. The minimum absolute atomic E-state index is 0.165. The highest BCUT2D eigenvalue weighted by Crippen LogP contribution is 2.19. The van der Waals surface area contributed by atoms with E-state index in [1.807, 2.05) is 20.8 Å². The maximum absolute atomic E-state index is 12.3. The Bertz CT molecular complexity index is 655. The van der Waals surface area contributed by atoms with E-state index in [9.17, 15) is 13.2 Å². The molecule has 5 nitrogen and oxygen atoms in total. The van der Waals surface area contributed by atoms with Gasteiger partial charge in [-0.1, -0.05) is 32.9 Å². The van der Waals surface area contributed by atoms with Crippen LogP contribution in [-0.2, 0) is 14.8 Å². The molecular weight excluding hydrogens is 290 g/mol. The highest BCUT2D eigenvalue weighted by molar-refractivity contribution is 7.89. The SMILES string of the molecule is Cc1ccc(C=CC(=O)O)cc1S(=O)(=O)NCC(C)(C)C. The highest BCUT2D eigenvalue weighted by Gasteiger charge is 2.20. The molecule has 1 aromatic rings. The molecule has 0 saturated carbocycles. The normalized spacial score (nSPS) is 12.8. The first-order valence-electron chi connectivity index (χ1n) is 6.53. The van der Waals surface area contributed by atoms with E-state index in [0.29, 0.717) is 17.7 Å². The van der Waals surface area contributed by atoms with Gasteiger partial charge in [-0.05, 0) is 35.6 Å². The number of hydrogen-bond donors (Lipinski definition) is 2. The molecule has 0 bridgehead atoms. The zero-order valence-electron chi connectivity index (χ0n) is 12.7. The fourth-order valence-electron chi connectivity index (χ4n) is 1.57. The van der Waals surface area contributed by atoms with E-state index in [-0.39, 0.29) is 10.3 Å². The Labute approximate surface area is 125 Å². The predicted molar refractivity (Wildman–Crippen MR) is 82.5 cm³/mol. The largest absolute Gasteiger partial charge is 0.478 e. The van der Waals surface area contributed by atoms with Crippen molar-refractivity contribution in [2.75, 3.05) is 6.54 Å². The summed E-state index contributed by atoms with van der Waals surface area (Å²) in [6.45, 7) is 7.84. The van der Waals surface area contributed by atoms with Crippen LogP contribution < -0.4 is 4.72 Å². The van der Waals surface area contributed by atoms with Gasteiger partial charge in [-0.25, -0.2) is 17.9 Å². The van der Waals surface area contributed by atoms with Crippen LogP contribution in [0.25, 0.3) is 6.08 Å². The van der Waals surface area contributed by atoms with Gasteiger partial charge < -0.3 is 5.11 Å². The number of hydrogen-bond acceptors (Lipinski definition) is 3. The van der Waals surface area contributed by atoms with Crippen LogP contribution in [0.15, 0.2) is 29.2 Å². The Morgan fingerprint density at radius 1 is 1.33 bits per heavy atom. The molecule has 6 heteroatoms. The molecule has 0 amide bonds. The van der Waals surface area contributed by atoms with Gasteiger partial charge in [0.1, 0.15) is 0 Å². The lowest BCUT2D eigenvalue weighted by Gasteiger charge is -2.19. The van der Waals surface area contributed by atoms with Gasteiger partial charge in [-0.2, -0.15) is 0 Å². The van der Waals surface area contributed by atoms with E-state index in [4.69, 9.17) is 5.11 Å². The molecule has 1 rings (SSSR count). The van der Waals surface area contributed by atoms with Crippen molar-refractivity contribution in [2.24, 2.45) is 5.41 Å². The van der Waals surface area contributed by atoms with Gasteiger partial charge >= 0.3 is 5.97 Å². The minimum atomic E-state index is -3.62. The summed E-state index contributed by atoms with van der Waals surface area (Å²) in [5.41, 5.74) is 0.977. The summed E-state index contributed by atoms with van der Waals surface area (Å²) in [5, 5.41) is 8.61. The Balaban J connectivity index is 3.11. The van der Waals surface area contributed by atoms with E-state index in [0.717, 1.165) is 6.08 Å². The smallest absolute Gasteiger partial charge is 0.328 e. The maximum atomic E-state index is 12.3. The number of aryl methyl sites for hydroxylation is 1. The van der Waals surface area contributed by atoms with E-state index < -0.39 is 16.0 Å². The van der Waals surface area contributed by atoms with Crippen molar-refractivity contribution >= 4 is 22.1 Å². The molecule has 0 aromatic heterocycles. The predicted octanol–water partition coefficient (Wildman–Crippen LogP) is 2.42. The summed E-state index contributed by atoms with van der Waals surface area (Å²) in [4.78, 5) is 10.7. The molecule has 0 aliphatic rings. The summed E-state index contributed by atoms with van der Waals surface area (Å²) in [7, 11) is -3.62. The maximum Gasteiger partial charge on any atom is 0.328 e. The van der Waals surface area contributed by atoms with Crippen LogP contribution in [0.2, 0.25) is 0 Å². The van der Waals surface area contributed by atoms with Gasteiger partial charge in [0.2, 0.25) is 10.0 Å². The number of benzene rings is 1. The summed E-state index contributed by atoms with van der Waals surface area (Å²) in [5.74, 6) is -1.08. The zero-order valence-corrected chi connectivity index (χ0v) is 13.5. The number of carboxylic acid groups (broad SMARTS) is 1. The third kappa shape index (κ3) is 5.69. The van der Waals surface area contributed by atoms with E-state index in [1.54, 1.807) is 19.1 Å². The first kappa shape index (κ1) is 17.4. The van der Waals surface area contributed by atoms with Crippen molar-refractivity contribution in [3.63, 3.8) is 0 Å². The average molecular weight is 311 g/mol. The highest BCUT2D eigenvalue weighted by atomic mass is 32.2. The third-order valence-corrected chi connectivity index (χ3v) is 4.26. The van der Waals surface area contributed by atoms with Crippen LogP contribution in [0, 0.1) is 12.3 Å². The number of nitrogens with one attached hydrogen (secondary N) is 1. The molecule has 0 unspecified atom stereocenters. The second-order valence-electron chi connectivity index (χ2n) is 6.08. The van der Waals surface area contributed by atoms with Crippen molar-refractivity contribution in [2.45, 2.75) is 32.6 Å². The number of carboxylic acids is 1. The van der Waals surface area contributed by atoms with Crippen LogP contribution in [0.1, 0.15) is 31.9 Å². The summed E-state index contributed by atoms with van der Waals surface area (Å²) < 4.78 is 27.3. The molecule has 21 heavy (non-hydrogen) atoms. The topological polar surface area (TPSA) is 83.5 Å². The molecular formula is C15H21NO4S. The van der Waals surface area contributed by atoms with Crippen LogP contribution >= 0.6 is 0 Å². The van der Waals surface area contributed by atoms with Gasteiger partial charge in [0.15, 0.2) is 0 Å². The summed E-state index contributed by atoms with van der Waals surface area (Å²) in [6.07, 6.45) is 2.34. The average Bonchev–Trinajstić information content (AvgIpc) is 2.34. The fourth-order valence-corrected chi connectivity index (χ4v) is 3.13. The second kappa shape index (κ2) is 6.41. The van der Waals surface area contributed by atoms with Gasteiger partial charge in [0, 0.05) is 12.6 Å². The van der Waals surface area contributed by atoms with E-state index in [1.165, 1.54) is 12.1 Å². The molecule has 0 fully saturated rings. The van der Waals surface area contributed by atoms with Gasteiger partial charge in [-0.15, -0.1) is 0 Å². The quantitative estimate of drug-likeness (QED) is 0.818. The fraction of sp³-hybridized carbons (Fsp3) is 0.400. The molecule has 2 N–H and O–H groups in total. The third-order valence-electron chi connectivity index (χ3n) is 2.71.